The van der Waals surface area contributed by atoms with Crippen LogP contribution in [0.15, 0.2) is 64.3 Å². The lowest BCUT2D eigenvalue weighted by molar-refractivity contribution is -0.384. The van der Waals surface area contributed by atoms with Crippen LogP contribution in [0.1, 0.15) is 11.3 Å². The van der Waals surface area contributed by atoms with Crippen molar-refractivity contribution in [2.75, 3.05) is 6.54 Å². The van der Waals surface area contributed by atoms with Crippen molar-refractivity contribution in [3.63, 3.8) is 0 Å². The zero-order chi connectivity index (χ0) is 19.9. The van der Waals surface area contributed by atoms with Crippen molar-refractivity contribution >= 4 is 15.7 Å². The highest BCUT2D eigenvalue weighted by Crippen LogP contribution is 2.24. The van der Waals surface area contributed by atoms with Gasteiger partial charge in [0.2, 0.25) is 10.0 Å². The Hall–Kier alpha value is -3.24. The highest BCUT2D eigenvalue weighted by Gasteiger charge is 2.31. The van der Waals surface area contributed by atoms with Crippen molar-refractivity contribution in [2.24, 2.45) is 0 Å². The van der Waals surface area contributed by atoms with E-state index in [-0.39, 0.29) is 29.2 Å². The Morgan fingerprint density at radius 1 is 1.04 bits per heavy atom. The molecule has 0 fully saturated rings. The summed E-state index contributed by atoms with van der Waals surface area (Å²) >= 11 is 0. The topological polar surface area (TPSA) is 118 Å². The second kappa shape index (κ2) is 6.73. The third-order valence-corrected chi connectivity index (χ3v) is 6.58. The molecule has 2 heterocycles. The number of nitro groups is 1. The van der Waals surface area contributed by atoms with E-state index < -0.39 is 14.9 Å². The third-order valence-electron chi connectivity index (χ3n) is 4.72. The van der Waals surface area contributed by atoms with Crippen molar-refractivity contribution < 1.29 is 13.3 Å². The highest BCUT2D eigenvalue weighted by atomic mass is 32.2. The van der Waals surface area contributed by atoms with E-state index in [2.05, 4.69) is 5.10 Å². The monoisotopic (exact) mass is 400 g/mol. The number of para-hydroxylation sites is 1. The summed E-state index contributed by atoms with van der Waals surface area (Å²) in [5, 5.41) is 13.8. The number of aromatic amines is 1. The Bertz CT molecular complexity index is 1200. The van der Waals surface area contributed by atoms with Crippen molar-refractivity contribution in [3.05, 3.63) is 86.3 Å². The number of H-pyrrole nitrogens is 1. The van der Waals surface area contributed by atoms with Crippen molar-refractivity contribution in [3.8, 4) is 5.69 Å². The SMILES string of the molecule is O=c1c2c([nH]n1-c1ccccc1)CCN(S(=O)(=O)c1ccc([N+](=O)[O-])cc1)C2. The molecule has 2 aromatic carbocycles. The highest BCUT2D eigenvalue weighted by molar-refractivity contribution is 7.89. The van der Waals surface area contributed by atoms with Gasteiger partial charge in [0, 0.05) is 37.3 Å². The molecule has 9 nitrogen and oxygen atoms in total. The number of aromatic nitrogens is 2. The summed E-state index contributed by atoms with van der Waals surface area (Å²) in [5.41, 5.74) is 1.32. The number of hydrogen-bond donors (Lipinski definition) is 1. The minimum absolute atomic E-state index is 0.0412. The number of nitrogens with zero attached hydrogens (tertiary/aromatic N) is 3. The Labute approximate surface area is 160 Å². The standard InChI is InChI=1S/C18H16N4O5S/c23-18-16-12-20(28(26,27)15-8-6-14(7-9-15)22(24)25)11-10-17(16)19-21(18)13-4-2-1-3-5-13/h1-9,19H,10-12H2. The van der Waals surface area contributed by atoms with E-state index in [0.717, 1.165) is 12.1 Å². The second-order valence-electron chi connectivity index (χ2n) is 6.38. The van der Waals surface area contributed by atoms with Crippen LogP contribution >= 0.6 is 0 Å². The van der Waals surface area contributed by atoms with Gasteiger partial charge in [0.1, 0.15) is 0 Å². The van der Waals surface area contributed by atoms with Crippen molar-refractivity contribution in [1.29, 1.82) is 0 Å². The molecule has 0 radical (unpaired) electrons. The summed E-state index contributed by atoms with van der Waals surface area (Å²) < 4.78 is 28.4. The number of hydrogen-bond acceptors (Lipinski definition) is 5. The molecule has 4 rings (SSSR count). The molecule has 0 saturated heterocycles. The van der Waals surface area contributed by atoms with Crippen molar-refractivity contribution in [2.45, 2.75) is 17.9 Å². The lowest BCUT2D eigenvalue weighted by atomic mass is 10.1. The fourth-order valence-electron chi connectivity index (χ4n) is 3.23. The zero-order valence-electron chi connectivity index (χ0n) is 14.6. The van der Waals surface area contributed by atoms with E-state index in [1.54, 1.807) is 12.1 Å². The molecule has 1 aromatic heterocycles. The van der Waals surface area contributed by atoms with E-state index in [4.69, 9.17) is 0 Å². The zero-order valence-corrected chi connectivity index (χ0v) is 15.4. The number of nitro benzene ring substituents is 1. The molecule has 0 aliphatic carbocycles. The molecular weight excluding hydrogens is 384 g/mol. The largest absolute Gasteiger partial charge is 0.295 e. The molecule has 0 spiro atoms. The Balaban J connectivity index is 1.66. The number of non-ortho nitro benzene ring substituents is 1. The van der Waals surface area contributed by atoms with Gasteiger partial charge in [-0.1, -0.05) is 18.2 Å². The van der Waals surface area contributed by atoms with Crippen LogP contribution in [-0.4, -0.2) is 34.0 Å². The summed E-state index contributed by atoms with van der Waals surface area (Å²) in [6.45, 7) is 0.158. The third kappa shape index (κ3) is 3.02. The lowest BCUT2D eigenvalue weighted by Gasteiger charge is -2.25. The minimum Gasteiger partial charge on any atom is -0.295 e. The van der Waals surface area contributed by atoms with Gasteiger partial charge in [-0.05, 0) is 24.3 Å². The number of rotatable bonds is 4. The van der Waals surface area contributed by atoms with Gasteiger partial charge >= 0.3 is 0 Å². The number of benzene rings is 2. The first-order valence-corrected chi connectivity index (χ1v) is 9.95. The smallest absolute Gasteiger partial charge is 0.276 e. The molecule has 1 N–H and O–H groups in total. The van der Waals surface area contributed by atoms with E-state index in [1.807, 2.05) is 18.2 Å². The van der Waals surface area contributed by atoms with Crippen LogP contribution in [0, 0.1) is 10.1 Å². The normalized spacial score (nSPS) is 14.6. The van der Waals surface area contributed by atoms with Gasteiger partial charge in [-0.25, -0.2) is 13.1 Å². The van der Waals surface area contributed by atoms with E-state index in [9.17, 15) is 23.3 Å². The lowest BCUT2D eigenvalue weighted by Crippen LogP contribution is -2.37. The van der Waals surface area contributed by atoms with Gasteiger partial charge in [0.25, 0.3) is 11.2 Å². The summed E-state index contributed by atoms with van der Waals surface area (Å²) in [6.07, 6.45) is 0.372. The average Bonchev–Trinajstić information content (AvgIpc) is 3.05. The summed E-state index contributed by atoms with van der Waals surface area (Å²) in [4.78, 5) is 22.9. The van der Waals surface area contributed by atoms with Crippen LogP contribution < -0.4 is 5.56 Å². The van der Waals surface area contributed by atoms with Gasteiger partial charge in [0.05, 0.1) is 21.1 Å². The molecule has 10 heteroatoms. The van der Waals surface area contributed by atoms with Crippen molar-refractivity contribution in [1.82, 2.24) is 14.1 Å². The van der Waals surface area contributed by atoms with Crippen LogP contribution in [0.5, 0.6) is 0 Å². The second-order valence-corrected chi connectivity index (χ2v) is 8.32. The molecule has 3 aromatic rings. The summed E-state index contributed by atoms with van der Waals surface area (Å²) in [6, 6.07) is 13.8. The fraction of sp³-hybridized carbons (Fsp3) is 0.167. The summed E-state index contributed by atoms with van der Waals surface area (Å²) in [5.74, 6) is 0. The molecule has 144 valence electrons. The fourth-order valence-corrected chi connectivity index (χ4v) is 4.64. The first kappa shape index (κ1) is 18.1. The Kier molecular flexibility index (Phi) is 4.36. The molecule has 0 bridgehead atoms. The van der Waals surface area contributed by atoms with Gasteiger partial charge < -0.3 is 0 Å². The van der Waals surface area contributed by atoms with Gasteiger partial charge in [-0.3, -0.25) is 20.0 Å². The van der Waals surface area contributed by atoms with E-state index in [1.165, 1.54) is 21.1 Å². The van der Waals surface area contributed by atoms with Crippen LogP contribution in [0.25, 0.3) is 5.69 Å². The van der Waals surface area contributed by atoms with Gasteiger partial charge in [-0.15, -0.1) is 0 Å². The Morgan fingerprint density at radius 2 is 1.71 bits per heavy atom. The average molecular weight is 400 g/mol. The maximum Gasteiger partial charge on any atom is 0.276 e. The number of nitrogens with one attached hydrogen (secondary N) is 1. The summed E-state index contributed by atoms with van der Waals surface area (Å²) in [7, 11) is -3.87. The quantitative estimate of drug-likeness (QED) is 0.529. The molecule has 0 atom stereocenters. The van der Waals surface area contributed by atoms with Crippen LogP contribution in [0.2, 0.25) is 0 Å². The van der Waals surface area contributed by atoms with E-state index in [0.29, 0.717) is 23.4 Å². The van der Waals surface area contributed by atoms with E-state index >= 15 is 0 Å². The predicted molar refractivity (Wildman–Crippen MR) is 101 cm³/mol. The molecule has 0 unspecified atom stereocenters. The molecular formula is C18H16N4O5S. The predicted octanol–water partition coefficient (Wildman–Crippen LogP) is 1.82. The maximum atomic E-state index is 12.9. The van der Waals surface area contributed by atoms with Gasteiger partial charge in [0.15, 0.2) is 0 Å². The molecule has 0 saturated carbocycles. The maximum absolute atomic E-state index is 12.9. The molecule has 1 aliphatic rings. The Morgan fingerprint density at radius 3 is 2.36 bits per heavy atom. The van der Waals surface area contributed by atoms with Crippen LogP contribution in [0.4, 0.5) is 5.69 Å². The minimum atomic E-state index is -3.87. The first-order chi connectivity index (χ1) is 13.4. The first-order valence-electron chi connectivity index (χ1n) is 8.51. The molecule has 1 aliphatic heterocycles. The molecule has 28 heavy (non-hydrogen) atoms. The van der Waals surface area contributed by atoms with Crippen LogP contribution in [-0.2, 0) is 23.0 Å². The number of fused-ring (bicyclic) bond motifs is 1. The van der Waals surface area contributed by atoms with Gasteiger partial charge in [-0.2, -0.15) is 4.31 Å². The number of sulfonamides is 1. The van der Waals surface area contributed by atoms with Crippen LogP contribution in [0.3, 0.4) is 0 Å². The molecule has 0 amide bonds.